The molecule has 0 fully saturated rings. The molecule has 7 aromatic rings. The summed E-state index contributed by atoms with van der Waals surface area (Å²) in [5, 5.41) is 0. The minimum absolute atomic E-state index is 0. The Morgan fingerprint density at radius 2 is 1.29 bits per heavy atom. The number of hydrogen-bond acceptors (Lipinski definition) is 4. The van der Waals surface area contributed by atoms with Crippen LogP contribution in [-0.2, 0) is 20.1 Å². The Hall–Kier alpha value is -5.29. The summed E-state index contributed by atoms with van der Waals surface area (Å²) in [5.74, 6) is 3.77. The summed E-state index contributed by atoms with van der Waals surface area (Å²) in [6.07, 6.45) is 3.89. The molecule has 0 unspecified atom stereocenters. The predicted molar refractivity (Wildman–Crippen MR) is 208 cm³/mol. The van der Waals surface area contributed by atoms with Crippen LogP contribution in [0.4, 0.5) is 0 Å². The van der Waals surface area contributed by atoms with Gasteiger partial charge in [-0.3, -0.25) is 0 Å². The standard InChI is InChI=1S/C27H21BNO2.C19H16N.Ir/c1-16(2)19-14-22(29-15-17(19)3)18-12-13-25-26-27(18)31-24-11-7-5-9-21(24)28(26)20-8-4-6-10-23(20)30-25;1-14-8-10-17(11-9-14)19-12-18(15(2)13-20-19)16-6-4-3-5-7-16;/h4-11,13-16H,1-3H3;3-10,12-13H,1-2H3;/q2*-1;. The van der Waals surface area contributed by atoms with E-state index < -0.39 is 0 Å². The third kappa shape index (κ3) is 6.61. The van der Waals surface area contributed by atoms with Crippen LogP contribution in [0.15, 0.2) is 128 Å². The molecule has 4 nitrogen and oxygen atoms in total. The summed E-state index contributed by atoms with van der Waals surface area (Å²) in [6, 6.07) is 46.1. The van der Waals surface area contributed by atoms with Gasteiger partial charge in [0.25, 0.3) is 0 Å². The summed E-state index contributed by atoms with van der Waals surface area (Å²) in [7, 11) is 0. The number of fused-ring (bicyclic) bond motifs is 4. The molecule has 9 rings (SSSR count). The van der Waals surface area contributed by atoms with Crippen molar-refractivity contribution < 1.29 is 29.6 Å². The number of aryl methyl sites for hydroxylation is 3. The maximum atomic E-state index is 6.50. The Kier molecular flexibility index (Phi) is 9.97. The SMILES string of the molecule is Cc1c[c-]c(-c2cc(-c3ccccc3)c(C)cn2)cc1.Cc1cnc(-c2[c-]cc3c4c2Oc2ccccc2B4c2ccccc2O3)cc1C(C)C.[Ir]. The molecule has 52 heavy (non-hydrogen) atoms. The first-order valence-corrected chi connectivity index (χ1v) is 17.5. The van der Waals surface area contributed by atoms with Gasteiger partial charge in [-0.2, -0.15) is 0 Å². The van der Waals surface area contributed by atoms with Crippen LogP contribution in [0.2, 0.25) is 0 Å². The van der Waals surface area contributed by atoms with E-state index in [1.165, 1.54) is 33.4 Å². The maximum Gasteiger partial charge on any atom is 0.239 e. The van der Waals surface area contributed by atoms with E-state index in [0.717, 1.165) is 61.9 Å². The average molecular weight is 853 g/mol. The molecule has 257 valence electrons. The molecule has 0 bridgehead atoms. The molecular formula is C46H37BIrN2O2-2. The molecule has 0 saturated carbocycles. The normalized spacial score (nSPS) is 11.8. The molecule has 2 aromatic heterocycles. The zero-order chi connectivity index (χ0) is 35.1. The fourth-order valence-corrected chi connectivity index (χ4v) is 7.07. The van der Waals surface area contributed by atoms with Crippen molar-refractivity contribution in [3.05, 3.63) is 162 Å². The molecule has 5 aromatic carbocycles. The van der Waals surface area contributed by atoms with E-state index in [4.69, 9.17) is 14.5 Å². The van der Waals surface area contributed by atoms with Crippen LogP contribution in [0.1, 0.15) is 42.0 Å². The summed E-state index contributed by atoms with van der Waals surface area (Å²) in [4.78, 5) is 9.28. The van der Waals surface area contributed by atoms with Crippen molar-refractivity contribution in [2.24, 2.45) is 0 Å². The third-order valence-corrected chi connectivity index (χ3v) is 9.72. The molecule has 0 saturated heterocycles. The van der Waals surface area contributed by atoms with Gasteiger partial charge in [-0.15, -0.1) is 47.5 Å². The number of para-hydroxylation sites is 2. The Morgan fingerprint density at radius 3 is 1.98 bits per heavy atom. The Bertz CT molecular complexity index is 2380. The first kappa shape index (κ1) is 35.1. The smallest absolute Gasteiger partial charge is 0.239 e. The minimum atomic E-state index is 0. The molecular weight excluding hydrogens is 816 g/mol. The van der Waals surface area contributed by atoms with Gasteiger partial charge in [0, 0.05) is 44.0 Å². The van der Waals surface area contributed by atoms with Crippen molar-refractivity contribution in [3.8, 4) is 56.6 Å². The first-order chi connectivity index (χ1) is 24.9. The monoisotopic (exact) mass is 853 g/mol. The Morgan fingerprint density at radius 1 is 0.635 bits per heavy atom. The average Bonchev–Trinajstić information content (AvgIpc) is 3.16. The molecule has 6 heteroatoms. The number of ether oxygens (including phenoxy) is 2. The number of pyridine rings is 2. The Labute approximate surface area is 320 Å². The molecule has 0 amide bonds. The van der Waals surface area contributed by atoms with Crippen molar-refractivity contribution in [2.45, 2.75) is 40.5 Å². The van der Waals surface area contributed by atoms with Gasteiger partial charge in [-0.1, -0.05) is 111 Å². The van der Waals surface area contributed by atoms with Gasteiger partial charge in [-0.05, 0) is 82.0 Å². The minimum Gasteiger partial charge on any atom is -0.503 e. The van der Waals surface area contributed by atoms with E-state index in [-0.39, 0.29) is 26.8 Å². The quantitative estimate of drug-likeness (QED) is 0.131. The van der Waals surface area contributed by atoms with Crippen molar-refractivity contribution in [1.29, 1.82) is 0 Å². The van der Waals surface area contributed by atoms with Crippen LogP contribution < -0.4 is 25.9 Å². The molecule has 2 aliphatic heterocycles. The van der Waals surface area contributed by atoms with Crippen LogP contribution in [0.3, 0.4) is 0 Å². The number of benzene rings is 5. The van der Waals surface area contributed by atoms with E-state index in [9.17, 15) is 0 Å². The van der Waals surface area contributed by atoms with Gasteiger partial charge < -0.3 is 19.4 Å². The van der Waals surface area contributed by atoms with Gasteiger partial charge in [0.15, 0.2) is 0 Å². The maximum absolute atomic E-state index is 6.50. The van der Waals surface area contributed by atoms with Crippen molar-refractivity contribution in [2.75, 3.05) is 0 Å². The van der Waals surface area contributed by atoms with E-state index in [1.807, 2.05) is 54.9 Å². The topological polar surface area (TPSA) is 44.2 Å². The number of rotatable bonds is 4. The fraction of sp³-hybridized carbons (Fsp3) is 0.130. The molecule has 2 aliphatic rings. The van der Waals surface area contributed by atoms with Crippen molar-refractivity contribution in [1.82, 2.24) is 9.97 Å². The van der Waals surface area contributed by atoms with E-state index in [1.54, 1.807) is 0 Å². The molecule has 4 heterocycles. The molecule has 0 aliphatic carbocycles. The van der Waals surface area contributed by atoms with Crippen molar-refractivity contribution >= 4 is 23.1 Å². The van der Waals surface area contributed by atoms with Gasteiger partial charge in [0.1, 0.15) is 11.5 Å². The third-order valence-electron chi connectivity index (χ3n) is 9.72. The Balaban J connectivity index is 0.000000174. The van der Waals surface area contributed by atoms with Crippen LogP contribution in [0.5, 0.6) is 23.0 Å². The number of nitrogens with zero attached hydrogens (tertiary/aromatic N) is 2. The zero-order valence-electron chi connectivity index (χ0n) is 29.8. The van der Waals surface area contributed by atoms with Gasteiger partial charge in [0.05, 0.1) is 0 Å². The van der Waals surface area contributed by atoms with Gasteiger partial charge >= 0.3 is 0 Å². The first-order valence-electron chi connectivity index (χ1n) is 17.5. The molecule has 0 spiro atoms. The second-order valence-corrected chi connectivity index (χ2v) is 13.6. The number of hydrogen-bond donors (Lipinski definition) is 0. The second-order valence-electron chi connectivity index (χ2n) is 13.6. The molecule has 0 N–H and O–H groups in total. The summed E-state index contributed by atoms with van der Waals surface area (Å²) in [6.45, 7) is 10.8. The van der Waals surface area contributed by atoms with Gasteiger partial charge in [-0.25, -0.2) is 0 Å². The second kappa shape index (κ2) is 14.8. The van der Waals surface area contributed by atoms with Crippen LogP contribution in [-0.4, -0.2) is 16.7 Å². The zero-order valence-corrected chi connectivity index (χ0v) is 32.2. The summed E-state index contributed by atoms with van der Waals surface area (Å²) in [5.41, 5.74) is 14.5. The van der Waals surface area contributed by atoms with E-state index in [2.05, 4.69) is 125 Å². The number of aromatic nitrogens is 2. The van der Waals surface area contributed by atoms with E-state index in [0.29, 0.717) is 5.92 Å². The predicted octanol–water partition coefficient (Wildman–Crippen LogP) is 9.54. The molecule has 0 atom stereocenters. The largest absolute Gasteiger partial charge is 0.503 e. The fourth-order valence-electron chi connectivity index (χ4n) is 7.07. The van der Waals surface area contributed by atoms with Crippen molar-refractivity contribution in [3.63, 3.8) is 0 Å². The van der Waals surface area contributed by atoms with Crippen LogP contribution >= 0.6 is 0 Å². The van der Waals surface area contributed by atoms with Crippen LogP contribution in [0, 0.1) is 32.9 Å². The molecule has 1 radical (unpaired) electrons. The van der Waals surface area contributed by atoms with E-state index >= 15 is 0 Å². The van der Waals surface area contributed by atoms with Crippen LogP contribution in [0.25, 0.3) is 33.6 Å². The van der Waals surface area contributed by atoms with Gasteiger partial charge in [0.2, 0.25) is 6.71 Å². The summed E-state index contributed by atoms with van der Waals surface area (Å²) < 4.78 is 12.8. The summed E-state index contributed by atoms with van der Waals surface area (Å²) >= 11 is 0.